The summed E-state index contributed by atoms with van der Waals surface area (Å²) in [5.41, 5.74) is 4.35. The summed E-state index contributed by atoms with van der Waals surface area (Å²) in [6.45, 7) is -0.226. The fraction of sp³-hybridized carbons (Fsp3) is 0.378. The summed E-state index contributed by atoms with van der Waals surface area (Å²) in [6.07, 6.45) is 0.0181. The van der Waals surface area contributed by atoms with Crippen LogP contribution in [0.25, 0.3) is 0 Å². The lowest BCUT2D eigenvalue weighted by Gasteiger charge is -2.40. The average molecular weight is 735 g/mol. The molecule has 9 heteroatoms. The highest BCUT2D eigenvalue weighted by Gasteiger charge is 2.49. The van der Waals surface area contributed by atoms with Crippen molar-refractivity contribution >= 4 is 23.9 Å². The van der Waals surface area contributed by atoms with E-state index in [0.717, 1.165) is 22.3 Å². The second kappa shape index (κ2) is 22.1. The summed E-state index contributed by atoms with van der Waals surface area (Å²) >= 11 is 0. The first-order valence-corrected chi connectivity index (χ1v) is 19.0. The van der Waals surface area contributed by atoms with Gasteiger partial charge in [-0.1, -0.05) is 121 Å². The Labute approximate surface area is 317 Å². The minimum absolute atomic E-state index is 0.0603. The number of carbonyl (C=O) groups excluding carboxylic acids is 4. The molecule has 9 nitrogen and oxygen atoms in total. The molecule has 0 spiro atoms. The number of hydrogen-bond donors (Lipinski definition) is 0. The Hall–Kier alpha value is -5.28. The van der Waals surface area contributed by atoms with Crippen molar-refractivity contribution in [2.75, 3.05) is 6.61 Å². The number of esters is 4. The van der Waals surface area contributed by atoms with E-state index in [9.17, 15) is 19.2 Å². The molecule has 0 radical (unpaired) electrons. The molecule has 0 amide bonds. The highest BCUT2D eigenvalue weighted by Crippen LogP contribution is 2.27. The number of hydrogen-bond acceptors (Lipinski definition) is 9. The maximum absolute atomic E-state index is 13.4. The Morgan fingerprint density at radius 1 is 0.426 bits per heavy atom. The van der Waals surface area contributed by atoms with Gasteiger partial charge in [0.15, 0.2) is 12.2 Å². The molecule has 4 atom stereocenters. The van der Waals surface area contributed by atoms with Crippen LogP contribution in [0.15, 0.2) is 121 Å². The van der Waals surface area contributed by atoms with Crippen LogP contribution in [0.3, 0.4) is 0 Å². The van der Waals surface area contributed by atoms with Crippen LogP contribution in [-0.2, 0) is 68.5 Å². The van der Waals surface area contributed by atoms with Crippen LogP contribution in [0.5, 0.6) is 0 Å². The van der Waals surface area contributed by atoms with Gasteiger partial charge in [0, 0.05) is 25.7 Å². The molecule has 0 aliphatic carbocycles. The van der Waals surface area contributed by atoms with Gasteiger partial charge in [0.2, 0.25) is 12.4 Å². The van der Waals surface area contributed by atoms with Gasteiger partial charge in [0.1, 0.15) is 0 Å². The third-order valence-electron chi connectivity index (χ3n) is 9.21. The van der Waals surface area contributed by atoms with Gasteiger partial charge in [0.25, 0.3) is 0 Å². The molecule has 284 valence electrons. The zero-order valence-electron chi connectivity index (χ0n) is 30.7. The van der Waals surface area contributed by atoms with Crippen molar-refractivity contribution in [2.24, 2.45) is 0 Å². The van der Waals surface area contributed by atoms with Crippen molar-refractivity contribution in [3.63, 3.8) is 0 Å². The zero-order chi connectivity index (χ0) is 37.8. The van der Waals surface area contributed by atoms with Gasteiger partial charge in [-0.2, -0.15) is 0 Å². The van der Waals surface area contributed by atoms with Gasteiger partial charge >= 0.3 is 23.9 Å². The van der Waals surface area contributed by atoms with Gasteiger partial charge in [-0.05, 0) is 73.6 Å². The van der Waals surface area contributed by atoms with Crippen LogP contribution in [0, 0.1) is 0 Å². The van der Waals surface area contributed by atoms with Gasteiger partial charge in [-0.3, -0.25) is 19.2 Å². The van der Waals surface area contributed by atoms with Gasteiger partial charge in [-0.15, -0.1) is 0 Å². The van der Waals surface area contributed by atoms with Crippen molar-refractivity contribution in [3.8, 4) is 0 Å². The predicted molar refractivity (Wildman–Crippen MR) is 203 cm³/mol. The lowest BCUT2D eigenvalue weighted by atomic mass is 10.0. The van der Waals surface area contributed by atoms with Crippen molar-refractivity contribution in [1.82, 2.24) is 0 Å². The first kappa shape index (κ1) is 39.9. The lowest BCUT2D eigenvalue weighted by Crippen LogP contribution is -2.58. The second-order valence-electron chi connectivity index (χ2n) is 13.5. The maximum Gasteiger partial charge on any atom is 0.308 e. The van der Waals surface area contributed by atoms with E-state index in [1.54, 1.807) is 0 Å². The van der Waals surface area contributed by atoms with E-state index < -0.39 is 48.5 Å². The van der Waals surface area contributed by atoms with Gasteiger partial charge in [-0.25, -0.2) is 0 Å². The average Bonchev–Trinajstić information content (AvgIpc) is 3.18. The predicted octanol–water partition coefficient (Wildman–Crippen LogP) is 7.71. The molecule has 5 rings (SSSR count). The molecule has 0 aromatic heterocycles. The molecule has 1 fully saturated rings. The number of ether oxygens (including phenoxy) is 5. The molecule has 1 heterocycles. The van der Waals surface area contributed by atoms with Crippen molar-refractivity contribution in [3.05, 3.63) is 144 Å². The molecule has 4 aromatic carbocycles. The standard InChI is InChI=1S/C45H50O9/c46-39(29-13-25-34-17-5-1-6-18-34)51-38-33-50-45(54-42(49)32-16-28-37-23-11-4-12-24-37)44(53-41(48)31-15-27-36-21-9-3-10-22-36)43(38)52-40(47)30-14-26-35-19-7-2-8-20-35/h1-12,17-24,38,43-45H,13-16,25-33H2/t38-,43+,44-,45+/m1/s1. The van der Waals surface area contributed by atoms with Gasteiger partial charge < -0.3 is 23.7 Å². The Balaban J connectivity index is 1.27. The molecule has 0 bridgehead atoms. The molecule has 0 saturated carbocycles. The third kappa shape index (κ3) is 13.9. The van der Waals surface area contributed by atoms with Crippen molar-refractivity contribution < 1.29 is 42.9 Å². The van der Waals surface area contributed by atoms with Gasteiger partial charge in [0.05, 0.1) is 6.61 Å². The third-order valence-corrected chi connectivity index (χ3v) is 9.21. The Bertz CT molecular complexity index is 1580. The SMILES string of the molecule is O=C(CCCc1ccccc1)O[C@@H]1OC[C@@H](OC(=O)CCCc2ccccc2)[C@H](OC(=O)CCCc2ccccc2)[C@H]1OC(=O)CCCc1ccccc1. The molecule has 1 aliphatic rings. The van der Waals surface area contributed by atoms with Crippen LogP contribution in [0.2, 0.25) is 0 Å². The molecular weight excluding hydrogens is 684 g/mol. The van der Waals surface area contributed by atoms with Crippen LogP contribution in [-0.4, -0.2) is 55.1 Å². The zero-order valence-corrected chi connectivity index (χ0v) is 30.7. The summed E-state index contributed by atoms with van der Waals surface area (Å²) in [5, 5.41) is 0. The molecule has 0 N–H and O–H groups in total. The second-order valence-corrected chi connectivity index (χ2v) is 13.5. The van der Waals surface area contributed by atoms with E-state index in [1.807, 2.05) is 121 Å². The Kier molecular flexibility index (Phi) is 16.3. The smallest absolute Gasteiger partial charge is 0.308 e. The topological polar surface area (TPSA) is 114 Å². The first-order chi connectivity index (χ1) is 26.4. The largest absolute Gasteiger partial charge is 0.456 e. The summed E-state index contributed by atoms with van der Waals surface area (Å²) in [4.78, 5) is 53.0. The summed E-state index contributed by atoms with van der Waals surface area (Å²) in [5.74, 6) is -2.19. The summed E-state index contributed by atoms with van der Waals surface area (Å²) in [6, 6.07) is 39.2. The molecule has 0 unspecified atom stereocenters. The van der Waals surface area contributed by atoms with E-state index in [0.29, 0.717) is 51.4 Å². The van der Waals surface area contributed by atoms with E-state index in [2.05, 4.69) is 0 Å². The first-order valence-electron chi connectivity index (χ1n) is 19.0. The van der Waals surface area contributed by atoms with E-state index in [1.165, 1.54) is 0 Å². The van der Waals surface area contributed by atoms with Crippen LogP contribution >= 0.6 is 0 Å². The van der Waals surface area contributed by atoms with Crippen LogP contribution < -0.4 is 0 Å². The quantitative estimate of drug-likeness (QED) is 0.0665. The maximum atomic E-state index is 13.4. The molecular formula is C45H50O9. The summed E-state index contributed by atoms with van der Waals surface area (Å²) < 4.78 is 29.5. The van der Waals surface area contributed by atoms with E-state index in [-0.39, 0.29) is 32.3 Å². The Morgan fingerprint density at radius 2 is 0.741 bits per heavy atom. The van der Waals surface area contributed by atoms with Crippen molar-refractivity contribution in [1.29, 1.82) is 0 Å². The Morgan fingerprint density at radius 3 is 1.11 bits per heavy atom. The highest BCUT2D eigenvalue weighted by atomic mass is 16.7. The van der Waals surface area contributed by atoms with Crippen LogP contribution in [0.1, 0.15) is 73.6 Å². The van der Waals surface area contributed by atoms with Crippen LogP contribution in [0.4, 0.5) is 0 Å². The van der Waals surface area contributed by atoms with Crippen molar-refractivity contribution in [2.45, 2.75) is 102 Å². The molecule has 54 heavy (non-hydrogen) atoms. The summed E-state index contributed by atoms with van der Waals surface area (Å²) in [7, 11) is 0. The monoisotopic (exact) mass is 734 g/mol. The molecule has 4 aromatic rings. The highest BCUT2D eigenvalue weighted by molar-refractivity contribution is 5.72. The fourth-order valence-corrected chi connectivity index (χ4v) is 6.38. The number of carbonyl (C=O) groups is 4. The number of rotatable bonds is 20. The van der Waals surface area contributed by atoms with E-state index in [4.69, 9.17) is 23.7 Å². The van der Waals surface area contributed by atoms with E-state index >= 15 is 0 Å². The minimum Gasteiger partial charge on any atom is -0.456 e. The molecule has 1 aliphatic heterocycles. The number of benzene rings is 4. The minimum atomic E-state index is -1.37. The number of aryl methyl sites for hydroxylation is 4. The molecule has 1 saturated heterocycles. The fourth-order valence-electron chi connectivity index (χ4n) is 6.38. The lowest BCUT2D eigenvalue weighted by molar-refractivity contribution is -0.275. The normalized spacial score (nSPS) is 17.9.